The summed E-state index contributed by atoms with van der Waals surface area (Å²) in [6.07, 6.45) is 18.8. The highest BCUT2D eigenvalue weighted by Crippen LogP contribution is 2.12. The second kappa shape index (κ2) is 12.5. The molecule has 0 aromatic heterocycles. The average molecular weight is 222 g/mol. The van der Waals surface area contributed by atoms with Crippen molar-refractivity contribution < 1.29 is 0 Å². The van der Waals surface area contributed by atoms with Crippen molar-refractivity contribution in [2.24, 2.45) is 5.92 Å². The number of hydrogen-bond acceptors (Lipinski definition) is 0. The van der Waals surface area contributed by atoms with Crippen LogP contribution in [0.1, 0.15) is 71.6 Å². The Morgan fingerprint density at radius 1 is 0.938 bits per heavy atom. The van der Waals surface area contributed by atoms with Crippen LogP contribution in [-0.2, 0) is 0 Å². The molecule has 0 aliphatic heterocycles. The van der Waals surface area contributed by atoms with Gasteiger partial charge < -0.3 is 0 Å². The summed E-state index contributed by atoms with van der Waals surface area (Å²) in [6.45, 7) is 8.42. The SMILES string of the molecule is C=CC(/C=C/CCCCCCC)CCCC. The molecule has 0 radical (unpaired) electrons. The molecule has 0 fully saturated rings. The Bertz CT molecular complexity index is 167. The predicted molar refractivity (Wildman–Crippen MR) is 75.7 cm³/mol. The lowest BCUT2D eigenvalue weighted by molar-refractivity contribution is 0.628. The minimum Gasteiger partial charge on any atom is -0.102 e. The van der Waals surface area contributed by atoms with Crippen LogP contribution in [0.25, 0.3) is 0 Å². The number of rotatable bonds is 11. The van der Waals surface area contributed by atoms with Crippen molar-refractivity contribution >= 4 is 0 Å². The lowest BCUT2D eigenvalue weighted by atomic mass is 10.0. The monoisotopic (exact) mass is 222 g/mol. The van der Waals surface area contributed by atoms with Gasteiger partial charge in [-0.25, -0.2) is 0 Å². The molecule has 0 aliphatic carbocycles. The van der Waals surface area contributed by atoms with Gasteiger partial charge in [-0.15, -0.1) is 6.58 Å². The molecule has 0 bridgehead atoms. The maximum atomic E-state index is 3.90. The van der Waals surface area contributed by atoms with Crippen LogP contribution in [0, 0.1) is 5.92 Å². The van der Waals surface area contributed by atoms with Gasteiger partial charge in [-0.05, 0) is 25.2 Å². The molecular formula is C16H30. The zero-order valence-electron chi connectivity index (χ0n) is 11.4. The van der Waals surface area contributed by atoms with Crippen molar-refractivity contribution in [3.8, 4) is 0 Å². The Balaban J connectivity index is 3.44. The molecule has 0 aromatic rings. The van der Waals surface area contributed by atoms with Crippen LogP contribution in [0.15, 0.2) is 24.8 Å². The summed E-state index contributed by atoms with van der Waals surface area (Å²) >= 11 is 0. The Kier molecular flexibility index (Phi) is 12.1. The molecule has 0 saturated heterocycles. The van der Waals surface area contributed by atoms with E-state index in [1.54, 1.807) is 0 Å². The van der Waals surface area contributed by atoms with E-state index in [1.165, 1.54) is 57.8 Å². The predicted octanol–water partition coefficient (Wildman–Crippen LogP) is 5.90. The van der Waals surface area contributed by atoms with E-state index in [9.17, 15) is 0 Å². The molecule has 0 saturated carbocycles. The van der Waals surface area contributed by atoms with E-state index in [4.69, 9.17) is 0 Å². The van der Waals surface area contributed by atoms with E-state index in [1.807, 2.05) is 0 Å². The molecule has 0 N–H and O–H groups in total. The molecular weight excluding hydrogens is 192 g/mol. The van der Waals surface area contributed by atoms with Gasteiger partial charge in [0.1, 0.15) is 0 Å². The fourth-order valence-corrected chi connectivity index (χ4v) is 1.87. The summed E-state index contributed by atoms with van der Waals surface area (Å²) in [5, 5.41) is 0. The van der Waals surface area contributed by atoms with Gasteiger partial charge >= 0.3 is 0 Å². The molecule has 94 valence electrons. The van der Waals surface area contributed by atoms with Gasteiger partial charge in [0, 0.05) is 0 Å². The fraction of sp³-hybridized carbons (Fsp3) is 0.750. The zero-order valence-corrected chi connectivity index (χ0v) is 11.4. The van der Waals surface area contributed by atoms with E-state index in [0.29, 0.717) is 5.92 Å². The molecule has 0 heterocycles. The summed E-state index contributed by atoms with van der Waals surface area (Å²) in [4.78, 5) is 0. The van der Waals surface area contributed by atoms with E-state index in [0.717, 1.165) is 0 Å². The van der Waals surface area contributed by atoms with Crippen molar-refractivity contribution in [1.29, 1.82) is 0 Å². The molecule has 0 aromatic carbocycles. The lowest BCUT2D eigenvalue weighted by Crippen LogP contribution is -1.90. The third-order valence-corrected chi connectivity index (χ3v) is 3.05. The quantitative estimate of drug-likeness (QED) is 0.302. The normalized spacial score (nSPS) is 13.1. The highest BCUT2D eigenvalue weighted by molar-refractivity contribution is 4.96. The first-order chi connectivity index (χ1) is 7.85. The van der Waals surface area contributed by atoms with Gasteiger partial charge in [-0.3, -0.25) is 0 Å². The summed E-state index contributed by atoms with van der Waals surface area (Å²) in [5.41, 5.74) is 0. The van der Waals surface area contributed by atoms with Crippen molar-refractivity contribution in [1.82, 2.24) is 0 Å². The van der Waals surface area contributed by atoms with Crippen LogP contribution in [0.5, 0.6) is 0 Å². The number of hydrogen-bond donors (Lipinski definition) is 0. The molecule has 1 unspecified atom stereocenters. The summed E-state index contributed by atoms with van der Waals surface area (Å²) in [6, 6.07) is 0. The third kappa shape index (κ3) is 10.0. The lowest BCUT2D eigenvalue weighted by Gasteiger charge is -2.05. The fourth-order valence-electron chi connectivity index (χ4n) is 1.87. The highest BCUT2D eigenvalue weighted by Gasteiger charge is 1.97. The van der Waals surface area contributed by atoms with Gasteiger partial charge in [-0.1, -0.05) is 70.6 Å². The molecule has 0 aliphatic rings. The van der Waals surface area contributed by atoms with Gasteiger partial charge in [-0.2, -0.15) is 0 Å². The van der Waals surface area contributed by atoms with E-state index >= 15 is 0 Å². The smallest absolute Gasteiger partial charge is 0.00562 e. The third-order valence-electron chi connectivity index (χ3n) is 3.05. The zero-order chi connectivity index (χ0) is 12.1. The van der Waals surface area contributed by atoms with Crippen molar-refractivity contribution in [3.63, 3.8) is 0 Å². The molecule has 0 amide bonds. The van der Waals surface area contributed by atoms with Crippen LogP contribution >= 0.6 is 0 Å². The molecule has 0 nitrogen and oxygen atoms in total. The summed E-state index contributed by atoms with van der Waals surface area (Å²) < 4.78 is 0. The first-order valence-corrected chi connectivity index (χ1v) is 7.14. The Hall–Kier alpha value is -0.520. The van der Waals surface area contributed by atoms with Gasteiger partial charge in [0.05, 0.1) is 0 Å². The first-order valence-electron chi connectivity index (χ1n) is 7.14. The van der Waals surface area contributed by atoms with E-state index in [-0.39, 0.29) is 0 Å². The molecule has 1 atom stereocenters. The van der Waals surface area contributed by atoms with Crippen LogP contribution in [0.2, 0.25) is 0 Å². The highest BCUT2D eigenvalue weighted by atomic mass is 14.0. The average Bonchev–Trinajstić information content (AvgIpc) is 2.32. The molecule has 0 rings (SSSR count). The van der Waals surface area contributed by atoms with E-state index < -0.39 is 0 Å². The van der Waals surface area contributed by atoms with Crippen molar-refractivity contribution in [3.05, 3.63) is 24.8 Å². The minimum absolute atomic E-state index is 0.607. The molecule has 0 spiro atoms. The number of unbranched alkanes of at least 4 members (excludes halogenated alkanes) is 6. The minimum atomic E-state index is 0.607. The van der Waals surface area contributed by atoms with Gasteiger partial charge in [0.25, 0.3) is 0 Å². The van der Waals surface area contributed by atoms with Gasteiger partial charge in [0.2, 0.25) is 0 Å². The standard InChI is InChI=1S/C16H30/c1-4-7-9-10-11-12-13-15-16(6-3)14-8-5-2/h6,13,15-16H,3-5,7-12,14H2,1-2H3/b15-13+. The maximum absolute atomic E-state index is 3.90. The molecule has 16 heavy (non-hydrogen) atoms. The maximum Gasteiger partial charge on any atom is -0.00562 e. The number of allylic oxidation sites excluding steroid dienone is 3. The van der Waals surface area contributed by atoms with Crippen LogP contribution in [0.4, 0.5) is 0 Å². The first kappa shape index (κ1) is 15.5. The second-order valence-corrected chi connectivity index (χ2v) is 4.67. The largest absolute Gasteiger partial charge is 0.102 e. The summed E-state index contributed by atoms with van der Waals surface area (Å²) in [5.74, 6) is 0.607. The second-order valence-electron chi connectivity index (χ2n) is 4.67. The van der Waals surface area contributed by atoms with Crippen LogP contribution < -0.4 is 0 Å². The summed E-state index contributed by atoms with van der Waals surface area (Å²) in [7, 11) is 0. The van der Waals surface area contributed by atoms with E-state index in [2.05, 4.69) is 38.7 Å². The van der Waals surface area contributed by atoms with Crippen molar-refractivity contribution in [2.75, 3.05) is 0 Å². The van der Waals surface area contributed by atoms with Crippen LogP contribution in [0.3, 0.4) is 0 Å². The Morgan fingerprint density at radius 2 is 1.62 bits per heavy atom. The Labute approximate surface area is 103 Å². The topological polar surface area (TPSA) is 0 Å². The van der Waals surface area contributed by atoms with Crippen LogP contribution in [-0.4, -0.2) is 0 Å². The Morgan fingerprint density at radius 3 is 2.25 bits per heavy atom. The molecule has 0 heteroatoms. The van der Waals surface area contributed by atoms with Gasteiger partial charge in [0.15, 0.2) is 0 Å². The van der Waals surface area contributed by atoms with Crippen molar-refractivity contribution in [2.45, 2.75) is 71.6 Å².